The predicted molar refractivity (Wildman–Crippen MR) is 122 cm³/mol. The average molecular weight is 466 g/mol. The number of carbonyl (C=O) groups is 1. The summed E-state index contributed by atoms with van der Waals surface area (Å²) in [6.07, 6.45) is 1.71. The van der Waals surface area contributed by atoms with Crippen LogP contribution in [0.3, 0.4) is 0 Å². The number of carbonyl (C=O) groups excluding carboxylic acids is 1. The van der Waals surface area contributed by atoms with E-state index in [1.165, 1.54) is 29.6 Å². The van der Waals surface area contributed by atoms with Crippen molar-refractivity contribution in [1.82, 2.24) is 14.7 Å². The molecule has 1 aromatic carbocycles. The number of thiazole rings is 2. The molecule has 0 saturated heterocycles. The highest BCUT2D eigenvalue weighted by molar-refractivity contribution is 7.89. The molecule has 3 rings (SSSR count). The number of aryl methyl sites for hydroxylation is 1. The van der Waals surface area contributed by atoms with Gasteiger partial charge in [-0.05, 0) is 31.5 Å². The Bertz CT molecular complexity index is 1140. The quantitative estimate of drug-likeness (QED) is 0.405. The zero-order chi connectivity index (χ0) is 21.7. The monoisotopic (exact) mass is 465 g/mol. The first kappa shape index (κ1) is 22.3. The van der Waals surface area contributed by atoms with Crippen LogP contribution in [0.15, 0.2) is 34.5 Å². The Labute approximate surface area is 183 Å². The van der Waals surface area contributed by atoms with Gasteiger partial charge in [-0.25, -0.2) is 23.1 Å². The second-order valence-electron chi connectivity index (χ2n) is 6.56. The van der Waals surface area contributed by atoms with Gasteiger partial charge in [-0.2, -0.15) is 0 Å². The Morgan fingerprint density at radius 1 is 1.20 bits per heavy atom. The lowest BCUT2D eigenvalue weighted by atomic mass is 10.3. The van der Waals surface area contributed by atoms with Crippen LogP contribution >= 0.6 is 22.7 Å². The average Bonchev–Trinajstić information content (AvgIpc) is 3.27. The smallest absolute Gasteiger partial charge is 0.240 e. The van der Waals surface area contributed by atoms with Crippen molar-refractivity contribution in [3.63, 3.8) is 0 Å². The molecule has 2 aromatic heterocycles. The summed E-state index contributed by atoms with van der Waals surface area (Å²) >= 11 is 2.77. The van der Waals surface area contributed by atoms with Crippen molar-refractivity contribution in [1.29, 1.82) is 0 Å². The number of hydrogen-bond acceptors (Lipinski definition) is 8. The molecule has 0 saturated carbocycles. The zero-order valence-corrected chi connectivity index (χ0v) is 19.3. The van der Waals surface area contributed by atoms with E-state index in [1.807, 2.05) is 19.2 Å². The third-order valence-corrected chi connectivity index (χ3v) is 7.35. The van der Waals surface area contributed by atoms with E-state index in [2.05, 4.69) is 25.3 Å². The molecule has 0 fully saturated rings. The van der Waals surface area contributed by atoms with E-state index in [0.717, 1.165) is 29.1 Å². The molecule has 0 aliphatic heterocycles. The van der Waals surface area contributed by atoms with E-state index in [9.17, 15) is 13.2 Å². The number of unbranched alkanes of at least 4 members (excludes halogenated alkanes) is 1. The highest BCUT2D eigenvalue weighted by atomic mass is 32.2. The Balaban J connectivity index is 1.75. The molecule has 160 valence electrons. The van der Waals surface area contributed by atoms with E-state index < -0.39 is 10.0 Å². The van der Waals surface area contributed by atoms with Crippen LogP contribution in [0.1, 0.15) is 32.4 Å². The van der Waals surface area contributed by atoms with Crippen LogP contribution in [0.4, 0.5) is 16.0 Å². The van der Waals surface area contributed by atoms with E-state index >= 15 is 0 Å². The number of amides is 1. The number of benzene rings is 1. The van der Waals surface area contributed by atoms with Crippen LogP contribution in [-0.2, 0) is 14.8 Å². The van der Waals surface area contributed by atoms with Crippen molar-refractivity contribution >= 4 is 54.6 Å². The molecule has 1 amide bonds. The Morgan fingerprint density at radius 2 is 2.00 bits per heavy atom. The van der Waals surface area contributed by atoms with E-state index in [4.69, 9.17) is 0 Å². The standard InChI is InChI=1S/C19H23N5O3S3/c1-4-5-9-20-30(26,27)15-8-6-7-14(10-15)23-18-24-16(11-28-18)17-12(2)21-19(29-17)22-13(3)25/h6-8,10-11,20H,4-5,9H2,1-3H3,(H,23,24)(H,21,22,25). The molecule has 0 unspecified atom stereocenters. The molecule has 0 aliphatic carbocycles. The maximum absolute atomic E-state index is 12.4. The third-order valence-electron chi connectivity index (χ3n) is 4.03. The second-order valence-corrected chi connectivity index (χ2v) is 10.2. The van der Waals surface area contributed by atoms with Gasteiger partial charge >= 0.3 is 0 Å². The highest BCUT2D eigenvalue weighted by Gasteiger charge is 2.16. The van der Waals surface area contributed by atoms with Gasteiger partial charge in [0.15, 0.2) is 10.3 Å². The number of rotatable bonds is 9. The molecule has 0 radical (unpaired) electrons. The molecular weight excluding hydrogens is 442 g/mol. The van der Waals surface area contributed by atoms with Gasteiger partial charge in [-0.3, -0.25) is 4.79 Å². The van der Waals surface area contributed by atoms with Gasteiger partial charge < -0.3 is 10.6 Å². The zero-order valence-electron chi connectivity index (χ0n) is 16.9. The van der Waals surface area contributed by atoms with Gasteiger partial charge in [0.2, 0.25) is 15.9 Å². The second kappa shape index (κ2) is 9.65. The van der Waals surface area contributed by atoms with Crippen molar-refractivity contribution in [2.24, 2.45) is 0 Å². The van der Waals surface area contributed by atoms with E-state index in [1.54, 1.807) is 24.3 Å². The van der Waals surface area contributed by atoms with Crippen LogP contribution in [0.5, 0.6) is 0 Å². The summed E-state index contributed by atoms with van der Waals surface area (Å²) in [7, 11) is -3.55. The molecular formula is C19H23N5O3S3. The third kappa shape index (κ3) is 5.63. The molecule has 0 aliphatic rings. The summed E-state index contributed by atoms with van der Waals surface area (Å²) in [5, 5.41) is 8.91. The Kier molecular flexibility index (Phi) is 7.19. The maximum Gasteiger partial charge on any atom is 0.240 e. The molecule has 3 N–H and O–H groups in total. The van der Waals surface area contributed by atoms with Gasteiger partial charge in [0.05, 0.1) is 21.2 Å². The lowest BCUT2D eigenvalue weighted by Crippen LogP contribution is -2.24. The molecule has 11 heteroatoms. The van der Waals surface area contributed by atoms with Crippen molar-refractivity contribution in [2.75, 3.05) is 17.2 Å². The first-order chi connectivity index (χ1) is 14.3. The molecule has 30 heavy (non-hydrogen) atoms. The fraction of sp³-hybridized carbons (Fsp3) is 0.316. The number of aromatic nitrogens is 2. The summed E-state index contributed by atoms with van der Waals surface area (Å²) in [5.41, 5.74) is 2.17. The van der Waals surface area contributed by atoms with Gasteiger partial charge in [0, 0.05) is 24.5 Å². The van der Waals surface area contributed by atoms with Crippen molar-refractivity contribution < 1.29 is 13.2 Å². The minimum absolute atomic E-state index is 0.171. The van der Waals surface area contributed by atoms with Gasteiger partial charge in [-0.15, -0.1) is 11.3 Å². The minimum Gasteiger partial charge on any atom is -0.331 e. The first-order valence-corrected chi connectivity index (χ1v) is 12.5. The molecule has 8 nitrogen and oxygen atoms in total. The fourth-order valence-corrected chi connectivity index (χ4v) is 5.49. The number of sulfonamides is 1. The molecule has 0 atom stereocenters. The van der Waals surface area contributed by atoms with Gasteiger partial charge in [0.1, 0.15) is 0 Å². The van der Waals surface area contributed by atoms with Crippen molar-refractivity contribution in [3.8, 4) is 10.6 Å². The normalized spacial score (nSPS) is 11.4. The van der Waals surface area contributed by atoms with Gasteiger partial charge in [-0.1, -0.05) is 30.7 Å². The number of anilines is 3. The van der Waals surface area contributed by atoms with Crippen LogP contribution in [0, 0.1) is 6.92 Å². The summed E-state index contributed by atoms with van der Waals surface area (Å²) in [6.45, 7) is 5.73. The predicted octanol–water partition coefficient (Wildman–Crippen LogP) is 4.36. The van der Waals surface area contributed by atoms with Crippen LogP contribution in [0.25, 0.3) is 10.6 Å². The maximum atomic E-state index is 12.4. The number of nitrogens with one attached hydrogen (secondary N) is 3. The highest BCUT2D eigenvalue weighted by Crippen LogP contribution is 2.35. The SMILES string of the molecule is CCCCNS(=O)(=O)c1cccc(Nc2nc(-c3sc(NC(C)=O)nc3C)cs2)c1. The van der Waals surface area contributed by atoms with Crippen LogP contribution < -0.4 is 15.4 Å². The topological polar surface area (TPSA) is 113 Å². The Hall–Kier alpha value is -2.34. The lowest BCUT2D eigenvalue weighted by molar-refractivity contribution is -0.114. The van der Waals surface area contributed by atoms with E-state index in [0.29, 0.717) is 22.5 Å². The fourth-order valence-electron chi connectivity index (χ4n) is 2.60. The summed E-state index contributed by atoms with van der Waals surface area (Å²) in [5.74, 6) is -0.171. The van der Waals surface area contributed by atoms with Gasteiger partial charge in [0.25, 0.3) is 0 Å². The van der Waals surface area contributed by atoms with Crippen molar-refractivity contribution in [3.05, 3.63) is 35.3 Å². The largest absolute Gasteiger partial charge is 0.331 e. The molecule has 0 bridgehead atoms. The van der Waals surface area contributed by atoms with E-state index in [-0.39, 0.29) is 10.8 Å². The summed E-state index contributed by atoms with van der Waals surface area (Å²) in [6, 6.07) is 6.64. The van der Waals surface area contributed by atoms with Crippen molar-refractivity contribution in [2.45, 2.75) is 38.5 Å². The van der Waals surface area contributed by atoms with Crippen LogP contribution in [-0.4, -0.2) is 30.8 Å². The minimum atomic E-state index is -3.55. The summed E-state index contributed by atoms with van der Waals surface area (Å²) < 4.78 is 27.5. The Morgan fingerprint density at radius 3 is 2.73 bits per heavy atom. The molecule has 0 spiro atoms. The first-order valence-electron chi connectivity index (χ1n) is 9.36. The molecule has 2 heterocycles. The lowest BCUT2D eigenvalue weighted by Gasteiger charge is -2.08. The molecule has 3 aromatic rings. The summed E-state index contributed by atoms with van der Waals surface area (Å²) in [4.78, 5) is 21.2. The number of hydrogen-bond donors (Lipinski definition) is 3. The number of nitrogens with zero attached hydrogens (tertiary/aromatic N) is 2. The van der Waals surface area contributed by atoms with Crippen LogP contribution in [0.2, 0.25) is 0 Å².